The Morgan fingerprint density at radius 1 is 1.15 bits per heavy atom. The molecule has 2 rings (SSSR count). The van der Waals surface area contributed by atoms with Crippen LogP contribution in [-0.2, 0) is 12.0 Å². The largest absolute Gasteiger partial charge is 0.494 e. The third kappa shape index (κ3) is 3.14. The highest BCUT2D eigenvalue weighted by Crippen LogP contribution is 2.26. The summed E-state index contributed by atoms with van der Waals surface area (Å²) in [6, 6.07) is 10.9. The molecule has 0 aliphatic heterocycles. The topological polar surface area (TPSA) is 35.2 Å². The molecule has 0 saturated heterocycles. The van der Waals surface area contributed by atoms with Crippen LogP contribution in [0.5, 0.6) is 5.75 Å². The Kier molecular flexibility index (Phi) is 4.04. The minimum absolute atomic E-state index is 0.193. The molecule has 1 atom stereocenters. The molecule has 0 bridgehead atoms. The summed E-state index contributed by atoms with van der Waals surface area (Å²) in [4.78, 5) is 0. The van der Waals surface area contributed by atoms with Crippen LogP contribution >= 0.6 is 0 Å². The van der Waals surface area contributed by atoms with Gasteiger partial charge in [0.2, 0.25) is 0 Å². The number of hydrogen-bond acceptors (Lipinski definition) is 2. The van der Waals surface area contributed by atoms with E-state index in [9.17, 15) is 8.78 Å². The molecule has 2 N–H and O–H groups in total. The minimum atomic E-state index is -0.775. The Balaban J connectivity index is 2.26. The highest BCUT2D eigenvalue weighted by molar-refractivity contribution is 5.32. The maximum atomic E-state index is 13.7. The Morgan fingerprint density at radius 2 is 1.90 bits per heavy atom. The van der Waals surface area contributed by atoms with Gasteiger partial charge < -0.3 is 10.5 Å². The van der Waals surface area contributed by atoms with Gasteiger partial charge in [-0.15, -0.1) is 0 Å². The summed E-state index contributed by atoms with van der Waals surface area (Å²) < 4.78 is 31.8. The second kappa shape index (κ2) is 5.59. The van der Waals surface area contributed by atoms with Crippen LogP contribution in [0.1, 0.15) is 18.1 Å². The van der Waals surface area contributed by atoms with Crippen molar-refractivity contribution in [1.82, 2.24) is 0 Å². The fourth-order valence-corrected chi connectivity index (χ4v) is 2.19. The molecule has 0 spiro atoms. The molecule has 106 valence electrons. The van der Waals surface area contributed by atoms with Crippen LogP contribution in [0.4, 0.5) is 8.78 Å². The van der Waals surface area contributed by atoms with Crippen molar-refractivity contribution >= 4 is 0 Å². The van der Waals surface area contributed by atoms with E-state index in [-0.39, 0.29) is 11.6 Å². The van der Waals surface area contributed by atoms with Crippen molar-refractivity contribution in [3.8, 4) is 5.75 Å². The van der Waals surface area contributed by atoms with Gasteiger partial charge in [0.1, 0.15) is 5.82 Å². The Morgan fingerprint density at radius 3 is 2.50 bits per heavy atom. The second-order valence-electron chi connectivity index (χ2n) is 5.07. The number of ether oxygens (including phenoxy) is 1. The summed E-state index contributed by atoms with van der Waals surface area (Å²) >= 11 is 0. The van der Waals surface area contributed by atoms with Gasteiger partial charge in [-0.05, 0) is 48.7 Å². The lowest BCUT2D eigenvalue weighted by Gasteiger charge is -2.25. The molecule has 0 radical (unpaired) electrons. The first-order valence-electron chi connectivity index (χ1n) is 6.30. The van der Waals surface area contributed by atoms with Gasteiger partial charge in [0.25, 0.3) is 0 Å². The maximum absolute atomic E-state index is 13.7. The fourth-order valence-electron chi connectivity index (χ4n) is 2.19. The Labute approximate surface area is 117 Å². The first-order valence-corrected chi connectivity index (χ1v) is 6.30. The van der Waals surface area contributed by atoms with Crippen molar-refractivity contribution in [2.45, 2.75) is 18.9 Å². The molecular formula is C16H17F2NO. The minimum Gasteiger partial charge on any atom is -0.494 e. The lowest BCUT2D eigenvalue weighted by atomic mass is 9.86. The zero-order chi connectivity index (χ0) is 14.8. The van der Waals surface area contributed by atoms with Crippen molar-refractivity contribution in [1.29, 1.82) is 0 Å². The molecule has 0 heterocycles. The Bertz CT molecular complexity index is 611. The zero-order valence-corrected chi connectivity index (χ0v) is 11.5. The smallest absolute Gasteiger partial charge is 0.165 e. The van der Waals surface area contributed by atoms with Gasteiger partial charge in [0.05, 0.1) is 7.11 Å². The molecule has 2 aromatic carbocycles. The van der Waals surface area contributed by atoms with Crippen LogP contribution in [0.3, 0.4) is 0 Å². The van der Waals surface area contributed by atoms with Crippen LogP contribution in [0.15, 0.2) is 42.5 Å². The number of hydrogen-bond donors (Lipinski definition) is 1. The average Bonchev–Trinajstić information content (AvgIpc) is 2.38. The molecule has 0 aliphatic carbocycles. The maximum Gasteiger partial charge on any atom is 0.165 e. The third-order valence-electron chi connectivity index (χ3n) is 3.27. The van der Waals surface area contributed by atoms with Crippen LogP contribution in [-0.4, -0.2) is 7.11 Å². The molecule has 4 heteroatoms. The number of halogens is 2. The monoisotopic (exact) mass is 277 g/mol. The van der Waals surface area contributed by atoms with E-state index >= 15 is 0 Å². The average molecular weight is 277 g/mol. The number of methoxy groups -OCH3 is 1. The van der Waals surface area contributed by atoms with Gasteiger partial charge in [-0.3, -0.25) is 0 Å². The van der Waals surface area contributed by atoms with Gasteiger partial charge >= 0.3 is 0 Å². The molecule has 0 saturated carbocycles. The standard InChI is InChI=1S/C16H17F2NO/c1-16(19,12-4-3-5-13(17)9-12)10-11-6-7-15(20-2)14(18)8-11/h3-9H,10,19H2,1-2H3. The van der Waals surface area contributed by atoms with E-state index in [0.29, 0.717) is 12.0 Å². The molecule has 2 aromatic rings. The summed E-state index contributed by atoms with van der Waals surface area (Å²) in [6.45, 7) is 1.80. The van der Waals surface area contributed by atoms with Gasteiger partial charge in [-0.2, -0.15) is 0 Å². The van der Waals surface area contributed by atoms with Gasteiger partial charge in [-0.1, -0.05) is 18.2 Å². The third-order valence-corrected chi connectivity index (χ3v) is 3.27. The number of nitrogens with two attached hydrogens (primary N) is 1. The van der Waals surface area contributed by atoms with Crippen molar-refractivity contribution in [3.05, 3.63) is 65.2 Å². The first kappa shape index (κ1) is 14.5. The van der Waals surface area contributed by atoms with Gasteiger partial charge in [0.15, 0.2) is 11.6 Å². The zero-order valence-electron chi connectivity index (χ0n) is 11.5. The number of benzene rings is 2. The number of rotatable bonds is 4. The lowest BCUT2D eigenvalue weighted by molar-refractivity contribution is 0.385. The molecule has 0 aliphatic rings. The van der Waals surface area contributed by atoms with Crippen LogP contribution in [0, 0.1) is 11.6 Å². The summed E-state index contributed by atoms with van der Waals surface area (Å²) in [5.41, 5.74) is 6.87. The lowest BCUT2D eigenvalue weighted by Crippen LogP contribution is -2.35. The van der Waals surface area contributed by atoms with E-state index in [4.69, 9.17) is 10.5 Å². The SMILES string of the molecule is COc1ccc(CC(C)(N)c2cccc(F)c2)cc1F. The van der Waals surface area contributed by atoms with E-state index in [1.165, 1.54) is 25.3 Å². The van der Waals surface area contributed by atoms with Crippen molar-refractivity contribution in [2.75, 3.05) is 7.11 Å². The first-order chi connectivity index (χ1) is 9.42. The van der Waals surface area contributed by atoms with E-state index in [1.807, 2.05) is 0 Å². The predicted octanol–water partition coefficient (Wildman–Crippen LogP) is 3.39. The molecule has 2 nitrogen and oxygen atoms in total. The Hall–Kier alpha value is -1.94. The molecule has 0 amide bonds. The molecule has 20 heavy (non-hydrogen) atoms. The van der Waals surface area contributed by atoms with Gasteiger partial charge in [-0.25, -0.2) is 8.78 Å². The van der Waals surface area contributed by atoms with Crippen molar-refractivity contribution in [2.24, 2.45) is 5.73 Å². The van der Waals surface area contributed by atoms with Crippen LogP contribution in [0.25, 0.3) is 0 Å². The normalized spacial score (nSPS) is 13.8. The van der Waals surface area contributed by atoms with Crippen LogP contribution in [0.2, 0.25) is 0 Å². The van der Waals surface area contributed by atoms with Crippen molar-refractivity contribution < 1.29 is 13.5 Å². The quantitative estimate of drug-likeness (QED) is 0.929. The summed E-state index contributed by atoms with van der Waals surface area (Å²) in [6.07, 6.45) is 0.400. The fraction of sp³-hybridized carbons (Fsp3) is 0.250. The van der Waals surface area contributed by atoms with E-state index < -0.39 is 11.4 Å². The summed E-state index contributed by atoms with van der Waals surface area (Å²) in [5, 5.41) is 0. The summed E-state index contributed by atoms with van der Waals surface area (Å²) in [5.74, 6) is -0.571. The second-order valence-corrected chi connectivity index (χ2v) is 5.07. The molecular weight excluding hydrogens is 260 g/mol. The van der Waals surface area contributed by atoms with E-state index in [0.717, 1.165) is 5.56 Å². The molecule has 0 fully saturated rings. The molecule has 0 aromatic heterocycles. The predicted molar refractivity (Wildman–Crippen MR) is 74.6 cm³/mol. The highest BCUT2D eigenvalue weighted by Gasteiger charge is 2.22. The van der Waals surface area contributed by atoms with Crippen molar-refractivity contribution in [3.63, 3.8) is 0 Å². The summed E-state index contributed by atoms with van der Waals surface area (Å²) in [7, 11) is 1.41. The van der Waals surface area contributed by atoms with E-state index in [2.05, 4.69) is 0 Å². The molecule has 1 unspecified atom stereocenters. The van der Waals surface area contributed by atoms with Crippen LogP contribution < -0.4 is 10.5 Å². The highest BCUT2D eigenvalue weighted by atomic mass is 19.1. The van der Waals surface area contributed by atoms with Gasteiger partial charge in [0, 0.05) is 5.54 Å². The van der Waals surface area contributed by atoms with E-state index in [1.54, 1.807) is 31.2 Å².